The lowest BCUT2D eigenvalue weighted by Gasteiger charge is -2.51. The minimum atomic E-state index is 0.0149. The van der Waals surface area contributed by atoms with Crippen LogP contribution in [0.25, 0.3) is 6.08 Å². The third-order valence-electron chi connectivity index (χ3n) is 5.41. The maximum Gasteiger partial charge on any atom is 0.244 e. The van der Waals surface area contributed by atoms with Crippen molar-refractivity contribution in [2.45, 2.75) is 31.3 Å². The fourth-order valence-electron chi connectivity index (χ4n) is 4.14. The predicted octanol–water partition coefficient (Wildman–Crippen LogP) is 2.98. The number of nitrogens with zero attached hydrogens (tertiary/aromatic N) is 2. The number of fused-ring (bicyclic) bond motifs is 3. The van der Waals surface area contributed by atoms with Crippen molar-refractivity contribution in [2.75, 3.05) is 13.1 Å². The summed E-state index contributed by atoms with van der Waals surface area (Å²) in [5.74, 6) is 0.603. The van der Waals surface area contributed by atoms with Crippen LogP contribution < -0.4 is 5.32 Å². The Morgan fingerprint density at radius 1 is 1.36 bits per heavy atom. The molecule has 4 nitrogen and oxygen atoms in total. The summed E-state index contributed by atoms with van der Waals surface area (Å²) in [7, 11) is 0. The number of hydrogen-bond donors (Lipinski definition) is 1. The van der Waals surface area contributed by atoms with E-state index in [1.54, 1.807) is 17.4 Å². The second-order valence-corrected chi connectivity index (χ2v) is 7.71. The van der Waals surface area contributed by atoms with Crippen LogP contribution in [0.3, 0.4) is 0 Å². The summed E-state index contributed by atoms with van der Waals surface area (Å²) in [6.07, 6.45) is 10.6. The maximum atomic E-state index is 12.5. The third kappa shape index (κ3) is 3.83. The van der Waals surface area contributed by atoms with Crippen LogP contribution in [0.2, 0.25) is 0 Å². The average molecular weight is 353 g/mol. The van der Waals surface area contributed by atoms with E-state index in [0.717, 1.165) is 25.1 Å². The number of thiophene rings is 1. The van der Waals surface area contributed by atoms with E-state index < -0.39 is 0 Å². The van der Waals surface area contributed by atoms with E-state index in [1.807, 2.05) is 41.4 Å². The standard InChI is InChI=1S/C20H23N3OS/c24-19(4-3-15-7-11-25-14-15)22-20-17-5-9-23(10-6-17)18(20)12-16-2-1-8-21-13-16/h1-4,7-8,11,13-14,17-18,20H,5-6,9-10,12H2,(H,22,24)/b4-3+/t18-,20-/m1/s1. The van der Waals surface area contributed by atoms with Gasteiger partial charge in [-0.3, -0.25) is 14.7 Å². The Hall–Kier alpha value is -1.98. The topological polar surface area (TPSA) is 45.2 Å². The van der Waals surface area contributed by atoms with E-state index in [4.69, 9.17) is 0 Å². The molecule has 3 fully saturated rings. The highest BCUT2D eigenvalue weighted by molar-refractivity contribution is 7.08. The Kier molecular flexibility index (Phi) is 4.95. The molecule has 5 heterocycles. The highest BCUT2D eigenvalue weighted by atomic mass is 32.1. The molecule has 0 spiro atoms. The van der Waals surface area contributed by atoms with Crippen molar-refractivity contribution in [3.8, 4) is 0 Å². The molecule has 3 aliphatic heterocycles. The van der Waals surface area contributed by atoms with Crippen molar-refractivity contribution < 1.29 is 4.79 Å². The highest BCUT2D eigenvalue weighted by Crippen LogP contribution is 2.33. The van der Waals surface area contributed by atoms with Gasteiger partial charge in [0, 0.05) is 30.6 Å². The minimum Gasteiger partial charge on any atom is -0.348 e. The summed E-state index contributed by atoms with van der Waals surface area (Å²) in [5, 5.41) is 7.37. The van der Waals surface area contributed by atoms with E-state index >= 15 is 0 Å². The number of hydrogen-bond acceptors (Lipinski definition) is 4. The van der Waals surface area contributed by atoms with E-state index in [0.29, 0.717) is 12.0 Å². The number of pyridine rings is 1. The van der Waals surface area contributed by atoms with Crippen LogP contribution in [-0.2, 0) is 11.2 Å². The number of piperidine rings is 3. The molecule has 5 rings (SSSR count). The number of carbonyl (C=O) groups is 1. The quantitative estimate of drug-likeness (QED) is 0.841. The van der Waals surface area contributed by atoms with Gasteiger partial charge in [-0.2, -0.15) is 11.3 Å². The van der Waals surface area contributed by atoms with E-state index in [1.165, 1.54) is 18.4 Å². The van der Waals surface area contributed by atoms with Gasteiger partial charge in [0.15, 0.2) is 0 Å². The lowest BCUT2D eigenvalue weighted by Crippen LogP contribution is -2.64. The smallest absolute Gasteiger partial charge is 0.244 e. The van der Waals surface area contributed by atoms with Gasteiger partial charge in [0.05, 0.1) is 0 Å². The van der Waals surface area contributed by atoms with Gasteiger partial charge in [-0.25, -0.2) is 0 Å². The second kappa shape index (κ2) is 7.50. The number of carbonyl (C=O) groups excluding carboxylic acids is 1. The van der Waals surface area contributed by atoms with Crippen molar-refractivity contribution >= 4 is 23.3 Å². The first kappa shape index (κ1) is 16.5. The zero-order chi connectivity index (χ0) is 17.1. The largest absolute Gasteiger partial charge is 0.348 e. The molecular weight excluding hydrogens is 330 g/mol. The number of amides is 1. The van der Waals surface area contributed by atoms with E-state index in [-0.39, 0.29) is 11.9 Å². The van der Waals surface area contributed by atoms with Crippen LogP contribution in [0.1, 0.15) is 24.0 Å². The Labute approximate surface area is 152 Å². The fraction of sp³-hybridized carbons (Fsp3) is 0.400. The molecule has 1 N–H and O–H groups in total. The van der Waals surface area contributed by atoms with Crippen molar-refractivity contribution in [1.82, 2.24) is 15.2 Å². The summed E-state index contributed by atoms with van der Waals surface area (Å²) in [6, 6.07) is 6.74. The monoisotopic (exact) mass is 353 g/mol. The van der Waals surface area contributed by atoms with Gasteiger partial charge in [-0.05, 0) is 78.4 Å². The minimum absolute atomic E-state index is 0.0149. The first-order chi connectivity index (χ1) is 12.3. The second-order valence-electron chi connectivity index (χ2n) is 6.93. The molecule has 0 aliphatic carbocycles. The summed E-state index contributed by atoms with van der Waals surface area (Å²) in [5.41, 5.74) is 2.33. The molecule has 0 unspecified atom stereocenters. The van der Waals surface area contributed by atoms with Gasteiger partial charge < -0.3 is 5.32 Å². The number of nitrogens with one attached hydrogen (secondary N) is 1. The van der Waals surface area contributed by atoms with E-state index in [9.17, 15) is 4.79 Å². The third-order valence-corrected chi connectivity index (χ3v) is 6.11. The first-order valence-corrected chi connectivity index (χ1v) is 9.87. The molecule has 0 aromatic carbocycles. The predicted molar refractivity (Wildman–Crippen MR) is 101 cm³/mol. The molecule has 1 amide bonds. The van der Waals surface area contributed by atoms with Gasteiger partial charge in [0.2, 0.25) is 5.91 Å². The molecule has 5 heteroatoms. The van der Waals surface area contributed by atoms with Crippen LogP contribution in [0.15, 0.2) is 47.4 Å². The summed E-state index contributed by atoms with van der Waals surface area (Å²) < 4.78 is 0. The van der Waals surface area contributed by atoms with Gasteiger partial charge in [-0.1, -0.05) is 6.07 Å². The van der Waals surface area contributed by atoms with E-state index in [2.05, 4.69) is 21.3 Å². The molecule has 25 heavy (non-hydrogen) atoms. The molecule has 2 bridgehead atoms. The maximum absolute atomic E-state index is 12.5. The lowest BCUT2D eigenvalue weighted by molar-refractivity contribution is -0.119. The first-order valence-electron chi connectivity index (χ1n) is 8.93. The van der Waals surface area contributed by atoms with Crippen LogP contribution in [0.5, 0.6) is 0 Å². The molecule has 2 aromatic heterocycles. The van der Waals surface area contributed by atoms with Crippen molar-refractivity contribution in [2.24, 2.45) is 5.92 Å². The highest BCUT2D eigenvalue weighted by Gasteiger charge is 2.42. The van der Waals surface area contributed by atoms with Gasteiger partial charge >= 0.3 is 0 Å². The lowest BCUT2D eigenvalue weighted by atomic mass is 9.77. The van der Waals surface area contributed by atoms with Crippen LogP contribution in [0.4, 0.5) is 0 Å². The normalized spacial score (nSPS) is 28.3. The van der Waals surface area contributed by atoms with Crippen molar-refractivity contribution in [3.63, 3.8) is 0 Å². The number of aromatic nitrogens is 1. The van der Waals surface area contributed by atoms with Crippen molar-refractivity contribution in [1.29, 1.82) is 0 Å². The Morgan fingerprint density at radius 2 is 2.24 bits per heavy atom. The number of rotatable bonds is 5. The summed E-state index contributed by atoms with van der Waals surface area (Å²) in [6.45, 7) is 2.29. The molecular formula is C20H23N3OS. The molecule has 3 saturated heterocycles. The van der Waals surface area contributed by atoms with Gasteiger partial charge in [0.1, 0.15) is 0 Å². The van der Waals surface area contributed by atoms with Crippen LogP contribution >= 0.6 is 11.3 Å². The molecule has 3 aliphatic rings. The zero-order valence-electron chi connectivity index (χ0n) is 14.2. The van der Waals surface area contributed by atoms with Crippen molar-refractivity contribution in [3.05, 3.63) is 58.6 Å². The molecule has 0 saturated carbocycles. The zero-order valence-corrected chi connectivity index (χ0v) is 15.0. The molecule has 2 aromatic rings. The van der Waals surface area contributed by atoms with Crippen LogP contribution in [-0.4, -0.2) is 41.0 Å². The van der Waals surface area contributed by atoms with Gasteiger partial charge in [-0.15, -0.1) is 0 Å². The molecule has 0 radical (unpaired) electrons. The van der Waals surface area contributed by atoms with Gasteiger partial charge in [0.25, 0.3) is 0 Å². The Balaban J connectivity index is 1.46. The molecule has 130 valence electrons. The SMILES string of the molecule is O=C(/C=C/c1ccsc1)N[C@@H]1C2CCN(CC2)[C@@H]1Cc1cccnc1. The Morgan fingerprint density at radius 3 is 2.96 bits per heavy atom. The Bertz CT molecular complexity index is 721. The molecule has 2 atom stereocenters. The summed E-state index contributed by atoms with van der Waals surface area (Å²) in [4.78, 5) is 19.2. The fourth-order valence-corrected chi connectivity index (χ4v) is 4.76. The summed E-state index contributed by atoms with van der Waals surface area (Å²) >= 11 is 1.64. The van der Waals surface area contributed by atoms with Crippen LogP contribution in [0, 0.1) is 5.92 Å². The average Bonchev–Trinajstić information content (AvgIpc) is 3.17.